The van der Waals surface area contributed by atoms with Crippen LogP contribution in [0, 0.1) is 0 Å². The van der Waals surface area contributed by atoms with Gasteiger partial charge in [-0.1, -0.05) is 129 Å². The van der Waals surface area contributed by atoms with Crippen LogP contribution in [-0.4, -0.2) is 6.54 Å². The molecule has 0 saturated heterocycles. The highest BCUT2D eigenvalue weighted by Gasteiger charge is 2.35. The van der Waals surface area contributed by atoms with Crippen molar-refractivity contribution in [2.45, 2.75) is 33.1 Å². The summed E-state index contributed by atoms with van der Waals surface area (Å²) in [6.45, 7) is 9.82. The van der Waals surface area contributed by atoms with Crippen molar-refractivity contribution in [2.75, 3.05) is 16.8 Å². The number of nitrogens with one attached hydrogen (secondary N) is 1. The Labute approximate surface area is 262 Å². The van der Waals surface area contributed by atoms with Gasteiger partial charge in [-0.2, -0.15) is 0 Å². The molecule has 0 saturated carbocycles. The summed E-state index contributed by atoms with van der Waals surface area (Å²) in [7, 11) is 0. The number of rotatable bonds is 8. The van der Waals surface area contributed by atoms with Gasteiger partial charge < -0.3 is 10.2 Å². The van der Waals surface area contributed by atoms with Crippen LogP contribution in [0.4, 0.5) is 22.7 Å². The van der Waals surface area contributed by atoms with Gasteiger partial charge in [-0.05, 0) is 83.6 Å². The number of hydrogen-bond acceptors (Lipinski definition) is 2. The van der Waals surface area contributed by atoms with Gasteiger partial charge in [0.05, 0.1) is 0 Å². The third kappa shape index (κ3) is 6.16. The number of para-hydroxylation sites is 2. The standard InChI is InChI=1S/C42H40N2/c1-5-6-7-8-13-31(2)38-14-9-11-16-40(38)43-36-26-22-34(23-27-36)32-18-20-33(21-19-32)35-24-28-37(29-25-35)44-30-42(3,4)39-15-10-12-17-41(39)44/h5-29,43H,30H2,1-4H3/b6-5?,8-7-,31-13+. The molecule has 1 aliphatic rings. The maximum Gasteiger partial charge on any atom is 0.0460 e. The molecule has 6 rings (SSSR count). The van der Waals surface area contributed by atoms with E-state index >= 15 is 0 Å². The highest BCUT2D eigenvalue weighted by Crippen LogP contribution is 2.44. The molecule has 5 aromatic carbocycles. The molecule has 1 heterocycles. The normalized spacial score (nSPS) is 14.4. The molecular formula is C42H40N2. The van der Waals surface area contributed by atoms with Crippen LogP contribution in [0.1, 0.15) is 38.8 Å². The van der Waals surface area contributed by atoms with E-state index in [2.05, 4.69) is 171 Å². The maximum absolute atomic E-state index is 3.62. The first-order chi connectivity index (χ1) is 21.4. The largest absolute Gasteiger partial charge is 0.355 e. The molecule has 0 spiro atoms. The van der Waals surface area contributed by atoms with Crippen LogP contribution < -0.4 is 10.2 Å². The van der Waals surface area contributed by atoms with E-state index < -0.39 is 0 Å². The van der Waals surface area contributed by atoms with E-state index in [9.17, 15) is 0 Å². The Bertz CT molecular complexity index is 1820. The van der Waals surface area contributed by atoms with Gasteiger partial charge >= 0.3 is 0 Å². The molecule has 1 N–H and O–H groups in total. The van der Waals surface area contributed by atoms with Gasteiger partial charge in [-0.25, -0.2) is 0 Å². The molecule has 2 nitrogen and oxygen atoms in total. The Morgan fingerprint density at radius 1 is 0.659 bits per heavy atom. The summed E-state index contributed by atoms with van der Waals surface area (Å²) in [5, 5.41) is 3.62. The third-order valence-electron chi connectivity index (χ3n) is 8.48. The summed E-state index contributed by atoms with van der Waals surface area (Å²) in [5.41, 5.74) is 13.6. The number of nitrogens with zero attached hydrogens (tertiary/aromatic N) is 1. The smallest absolute Gasteiger partial charge is 0.0460 e. The summed E-state index contributed by atoms with van der Waals surface area (Å²) in [6.07, 6.45) is 10.3. The van der Waals surface area contributed by atoms with E-state index in [0.29, 0.717) is 0 Å². The number of hydrogen-bond donors (Lipinski definition) is 1. The first kappa shape index (κ1) is 29.0. The minimum atomic E-state index is 0.143. The second-order valence-electron chi connectivity index (χ2n) is 12.1. The molecule has 0 aliphatic carbocycles. The zero-order chi connectivity index (χ0) is 30.5. The second kappa shape index (κ2) is 12.7. The SMILES string of the molecule is CC=C/C=C\C=C(/C)c1ccccc1Nc1ccc(-c2ccc(-c3ccc(N4CC(C)(C)c5ccccc54)cc3)cc2)cc1. The minimum Gasteiger partial charge on any atom is -0.355 e. The monoisotopic (exact) mass is 572 g/mol. The molecule has 0 aromatic heterocycles. The molecule has 44 heavy (non-hydrogen) atoms. The Kier molecular flexibility index (Phi) is 8.34. The van der Waals surface area contributed by atoms with E-state index in [1.165, 1.54) is 50.3 Å². The minimum absolute atomic E-state index is 0.143. The second-order valence-corrected chi connectivity index (χ2v) is 12.1. The van der Waals surface area contributed by atoms with Crippen LogP contribution in [0.3, 0.4) is 0 Å². The van der Waals surface area contributed by atoms with Gasteiger partial charge in [0.1, 0.15) is 0 Å². The van der Waals surface area contributed by atoms with Crippen molar-refractivity contribution in [3.8, 4) is 22.3 Å². The molecule has 218 valence electrons. The number of anilines is 4. The van der Waals surface area contributed by atoms with E-state index in [1.807, 2.05) is 19.1 Å². The van der Waals surface area contributed by atoms with Crippen LogP contribution in [0.15, 0.2) is 152 Å². The molecule has 2 heteroatoms. The maximum atomic E-state index is 3.62. The Balaban J connectivity index is 1.14. The van der Waals surface area contributed by atoms with Gasteiger partial charge in [0.2, 0.25) is 0 Å². The fourth-order valence-corrected chi connectivity index (χ4v) is 6.07. The van der Waals surface area contributed by atoms with Crippen molar-refractivity contribution in [1.29, 1.82) is 0 Å². The van der Waals surface area contributed by atoms with E-state index in [4.69, 9.17) is 0 Å². The molecule has 1 aliphatic heterocycles. The van der Waals surface area contributed by atoms with Gasteiger partial charge in [0.25, 0.3) is 0 Å². The van der Waals surface area contributed by atoms with Crippen molar-refractivity contribution in [3.63, 3.8) is 0 Å². The van der Waals surface area contributed by atoms with Crippen molar-refractivity contribution >= 4 is 28.3 Å². The molecule has 0 fully saturated rings. The van der Waals surface area contributed by atoms with Crippen molar-refractivity contribution in [1.82, 2.24) is 0 Å². The molecule has 0 radical (unpaired) electrons. The lowest BCUT2D eigenvalue weighted by Crippen LogP contribution is -2.24. The summed E-state index contributed by atoms with van der Waals surface area (Å²) in [6, 6.07) is 43.8. The zero-order valence-electron chi connectivity index (χ0n) is 26.1. The van der Waals surface area contributed by atoms with E-state index in [1.54, 1.807) is 0 Å². The molecule has 0 unspecified atom stereocenters. The van der Waals surface area contributed by atoms with Gasteiger partial charge in [-0.15, -0.1) is 0 Å². The van der Waals surface area contributed by atoms with Crippen LogP contribution in [0.2, 0.25) is 0 Å². The van der Waals surface area contributed by atoms with Crippen LogP contribution in [-0.2, 0) is 5.41 Å². The first-order valence-corrected chi connectivity index (χ1v) is 15.4. The molecule has 0 atom stereocenters. The van der Waals surface area contributed by atoms with Gasteiger partial charge in [0.15, 0.2) is 0 Å². The Morgan fingerprint density at radius 2 is 1.23 bits per heavy atom. The highest BCUT2D eigenvalue weighted by atomic mass is 15.2. The van der Waals surface area contributed by atoms with Crippen LogP contribution >= 0.6 is 0 Å². The number of benzene rings is 5. The summed E-state index contributed by atoms with van der Waals surface area (Å²) in [5.74, 6) is 0. The zero-order valence-corrected chi connectivity index (χ0v) is 26.1. The third-order valence-corrected chi connectivity index (χ3v) is 8.48. The fourth-order valence-electron chi connectivity index (χ4n) is 6.07. The lowest BCUT2D eigenvalue weighted by Gasteiger charge is -2.23. The fraction of sp³-hybridized carbons (Fsp3) is 0.143. The van der Waals surface area contributed by atoms with Crippen LogP contribution in [0.5, 0.6) is 0 Å². The Hall–Kier alpha value is -5.08. The summed E-state index contributed by atoms with van der Waals surface area (Å²) in [4.78, 5) is 2.45. The quantitative estimate of drug-likeness (QED) is 0.186. The topological polar surface area (TPSA) is 15.3 Å². The van der Waals surface area contributed by atoms with Crippen LogP contribution in [0.25, 0.3) is 27.8 Å². The van der Waals surface area contributed by atoms with Crippen molar-refractivity contribution in [3.05, 3.63) is 163 Å². The first-order valence-electron chi connectivity index (χ1n) is 15.4. The number of fused-ring (bicyclic) bond motifs is 1. The predicted molar refractivity (Wildman–Crippen MR) is 191 cm³/mol. The predicted octanol–water partition coefficient (Wildman–Crippen LogP) is 11.7. The molecule has 5 aromatic rings. The van der Waals surface area contributed by atoms with Gasteiger partial charge in [0, 0.05) is 40.3 Å². The summed E-state index contributed by atoms with van der Waals surface area (Å²) >= 11 is 0. The van der Waals surface area contributed by atoms with Crippen molar-refractivity contribution in [2.24, 2.45) is 0 Å². The molecule has 0 amide bonds. The highest BCUT2D eigenvalue weighted by molar-refractivity contribution is 5.80. The lowest BCUT2D eigenvalue weighted by atomic mass is 9.87. The summed E-state index contributed by atoms with van der Waals surface area (Å²) < 4.78 is 0. The number of allylic oxidation sites excluding steroid dienone is 6. The molecule has 0 bridgehead atoms. The lowest BCUT2D eigenvalue weighted by molar-refractivity contribution is 0.569. The van der Waals surface area contributed by atoms with Crippen molar-refractivity contribution < 1.29 is 0 Å². The van der Waals surface area contributed by atoms with Gasteiger partial charge in [-0.3, -0.25) is 0 Å². The molecular weight excluding hydrogens is 532 g/mol. The Morgan fingerprint density at radius 3 is 1.89 bits per heavy atom. The van der Waals surface area contributed by atoms with E-state index in [-0.39, 0.29) is 5.41 Å². The van der Waals surface area contributed by atoms with E-state index in [0.717, 1.165) is 17.9 Å². The average Bonchev–Trinajstić information content (AvgIpc) is 3.34. The average molecular weight is 573 g/mol.